The van der Waals surface area contributed by atoms with Gasteiger partial charge in [0.2, 0.25) is 21.8 Å². The lowest BCUT2D eigenvalue weighted by molar-refractivity contribution is -0.114. The van der Waals surface area contributed by atoms with Crippen LogP contribution >= 0.6 is 0 Å². The number of hydrogen-bond acceptors (Lipinski definition) is 6. The first-order valence-electron chi connectivity index (χ1n) is 8.61. The van der Waals surface area contributed by atoms with Crippen molar-refractivity contribution in [2.24, 2.45) is 0 Å². The van der Waals surface area contributed by atoms with Crippen molar-refractivity contribution in [3.63, 3.8) is 0 Å². The van der Waals surface area contributed by atoms with E-state index in [4.69, 9.17) is 4.74 Å². The Morgan fingerprint density at radius 2 is 1.93 bits per heavy atom. The Hall–Kier alpha value is -2.52. The quantitative estimate of drug-likeness (QED) is 0.837. The van der Waals surface area contributed by atoms with E-state index >= 15 is 0 Å². The first-order chi connectivity index (χ1) is 12.7. The van der Waals surface area contributed by atoms with E-state index in [1.165, 1.54) is 23.4 Å². The van der Waals surface area contributed by atoms with E-state index in [1.807, 2.05) is 6.92 Å². The van der Waals surface area contributed by atoms with Crippen molar-refractivity contribution in [3.05, 3.63) is 41.9 Å². The molecule has 1 atom stereocenters. The zero-order valence-electron chi connectivity index (χ0n) is 15.5. The molecule has 3 rings (SSSR count). The molecule has 1 N–H and O–H groups in total. The lowest BCUT2D eigenvalue weighted by Crippen LogP contribution is -2.31. The largest absolute Gasteiger partial charge is 0.473 e. The number of aromatic nitrogens is 2. The molecule has 0 unspecified atom stereocenters. The summed E-state index contributed by atoms with van der Waals surface area (Å²) >= 11 is 0. The van der Waals surface area contributed by atoms with Gasteiger partial charge in [0.1, 0.15) is 11.9 Å². The third-order valence-electron chi connectivity index (χ3n) is 4.15. The molecule has 1 amide bonds. The van der Waals surface area contributed by atoms with Gasteiger partial charge < -0.3 is 10.1 Å². The fourth-order valence-corrected chi connectivity index (χ4v) is 4.48. The summed E-state index contributed by atoms with van der Waals surface area (Å²) in [4.78, 5) is 19.7. The zero-order chi connectivity index (χ0) is 19.6. The van der Waals surface area contributed by atoms with Gasteiger partial charge in [-0.1, -0.05) is 0 Å². The van der Waals surface area contributed by atoms with Gasteiger partial charge >= 0.3 is 0 Å². The fourth-order valence-electron chi connectivity index (χ4n) is 2.99. The van der Waals surface area contributed by atoms with Crippen LogP contribution in [0.5, 0.6) is 5.88 Å². The Morgan fingerprint density at radius 1 is 1.22 bits per heavy atom. The predicted octanol–water partition coefficient (Wildman–Crippen LogP) is 1.89. The van der Waals surface area contributed by atoms with Gasteiger partial charge in [0, 0.05) is 30.9 Å². The molecule has 0 radical (unpaired) electrons. The number of rotatable bonds is 5. The summed E-state index contributed by atoms with van der Waals surface area (Å²) in [5, 5.41) is 2.62. The second-order valence-corrected chi connectivity index (χ2v) is 8.43. The molecule has 1 aliphatic rings. The summed E-state index contributed by atoms with van der Waals surface area (Å²) in [5.41, 5.74) is 1.36. The van der Waals surface area contributed by atoms with Crippen molar-refractivity contribution in [1.29, 1.82) is 0 Å². The minimum atomic E-state index is -3.62. The number of aryl methyl sites for hydroxylation is 2. The highest BCUT2D eigenvalue weighted by Crippen LogP contribution is 2.24. The third kappa shape index (κ3) is 4.61. The maximum absolute atomic E-state index is 12.8. The molecule has 0 bridgehead atoms. The first-order valence-corrected chi connectivity index (χ1v) is 10.0. The zero-order valence-corrected chi connectivity index (χ0v) is 16.3. The lowest BCUT2D eigenvalue weighted by Gasteiger charge is -2.17. The highest BCUT2D eigenvalue weighted by Gasteiger charge is 2.33. The molecule has 2 heterocycles. The first kappa shape index (κ1) is 19.2. The summed E-state index contributed by atoms with van der Waals surface area (Å²) < 4.78 is 32.9. The molecule has 2 aromatic rings. The van der Waals surface area contributed by atoms with Crippen molar-refractivity contribution < 1.29 is 17.9 Å². The van der Waals surface area contributed by atoms with Crippen LogP contribution in [0.3, 0.4) is 0 Å². The molecule has 27 heavy (non-hydrogen) atoms. The monoisotopic (exact) mass is 390 g/mol. The van der Waals surface area contributed by atoms with Gasteiger partial charge in [0.25, 0.3) is 0 Å². The highest BCUT2D eigenvalue weighted by atomic mass is 32.2. The Morgan fingerprint density at radius 3 is 2.56 bits per heavy atom. The van der Waals surface area contributed by atoms with Crippen LogP contribution in [0.15, 0.2) is 35.2 Å². The number of nitrogens with one attached hydrogen (secondary N) is 1. The number of carbonyl (C=O) groups excluding carboxylic acids is 1. The average molecular weight is 390 g/mol. The molecule has 8 nitrogen and oxygen atoms in total. The number of hydrogen-bond donors (Lipinski definition) is 1. The van der Waals surface area contributed by atoms with E-state index in [0.29, 0.717) is 30.4 Å². The Kier molecular flexibility index (Phi) is 5.43. The molecular weight excluding hydrogens is 368 g/mol. The fraction of sp³-hybridized carbons (Fsp3) is 0.389. The Labute approximate surface area is 158 Å². The van der Waals surface area contributed by atoms with Gasteiger partial charge in [0.15, 0.2) is 0 Å². The molecule has 1 aliphatic heterocycles. The highest BCUT2D eigenvalue weighted by molar-refractivity contribution is 7.89. The van der Waals surface area contributed by atoms with E-state index in [-0.39, 0.29) is 23.5 Å². The van der Waals surface area contributed by atoms with Crippen LogP contribution in [0, 0.1) is 13.8 Å². The van der Waals surface area contributed by atoms with Crippen molar-refractivity contribution in [2.45, 2.75) is 38.2 Å². The molecule has 144 valence electrons. The maximum atomic E-state index is 12.8. The Bertz CT molecular complexity index is 924. The second kappa shape index (κ2) is 7.61. The van der Waals surface area contributed by atoms with Gasteiger partial charge in [0.05, 0.1) is 11.4 Å². The lowest BCUT2D eigenvalue weighted by atomic mass is 10.3. The number of benzene rings is 1. The molecule has 0 saturated carbocycles. The Balaban J connectivity index is 1.68. The standard InChI is InChI=1S/C18H22N4O4S/c1-12-10-18(20-13(2)19-12)26-16-8-9-22(11-16)27(24,25)17-6-4-15(5-7-17)21-14(3)23/h4-7,10,16H,8-9,11H2,1-3H3,(H,21,23)/t16-/m0/s1. The van der Waals surface area contributed by atoms with Gasteiger partial charge in [-0.15, -0.1) is 0 Å². The van der Waals surface area contributed by atoms with Crippen molar-refractivity contribution in [3.8, 4) is 5.88 Å². The van der Waals surface area contributed by atoms with E-state index in [0.717, 1.165) is 5.69 Å². The van der Waals surface area contributed by atoms with Crippen LogP contribution in [0.1, 0.15) is 24.9 Å². The molecule has 9 heteroatoms. The smallest absolute Gasteiger partial charge is 0.243 e. The van der Waals surface area contributed by atoms with Crippen LogP contribution < -0.4 is 10.1 Å². The summed E-state index contributed by atoms with van der Waals surface area (Å²) in [6.07, 6.45) is 0.331. The number of amides is 1. The van der Waals surface area contributed by atoms with Crippen molar-refractivity contribution in [1.82, 2.24) is 14.3 Å². The minimum absolute atomic E-state index is 0.186. The van der Waals surface area contributed by atoms with Crippen molar-refractivity contribution in [2.75, 3.05) is 18.4 Å². The molecule has 1 aromatic carbocycles. The van der Waals surface area contributed by atoms with E-state index in [1.54, 1.807) is 25.1 Å². The van der Waals surface area contributed by atoms with Gasteiger partial charge in [-0.25, -0.2) is 13.4 Å². The molecule has 1 fully saturated rings. The number of carbonyl (C=O) groups is 1. The van der Waals surface area contributed by atoms with E-state index < -0.39 is 10.0 Å². The molecule has 0 aliphatic carbocycles. The number of anilines is 1. The maximum Gasteiger partial charge on any atom is 0.243 e. The van der Waals surface area contributed by atoms with Crippen LogP contribution in [0.25, 0.3) is 0 Å². The number of ether oxygens (including phenoxy) is 1. The molecule has 0 spiro atoms. The van der Waals surface area contributed by atoms with Crippen LogP contribution in [0.2, 0.25) is 0 Å². The predicted molar refractivity (Wildman–Crippen MR) is 100 cm³/mol. The van der Waals surface area contributed by atoms with E-state index in [9.17, 15) is 13.2 Å². The summed E-state index contributed by atoms with van der Waals surface area (Å²) in [7, 11) is -3.62. The molecule has 1 aromatic heterocycles. The van der Waals surface area contributed by atoms with Gasteiger partial charge in [-0.05, 0) is 44.5 Å². The minimum Gasteiger partial charge on any atom is -0.473 e. The third-order valence-corrected chi connectivity index (χ3v) is 6.03. The number of nitrogens with zero attached hydrogens (tertiary/aromatic N) is 3. The summed E-state index contributed by atoms with van der Waals surface area (Å²) in [6.45, 7) is 5.69. The van der Waals surface area contributed by atoms with Crippen LogP contribution in [-0.2, 0) is 14.8 Å². The summed E-state index contributed by atoms with van der Waals surface area (Å²) in [5.74, 6) is 0.871. The van der Waals surface area contributed by atoms with Gasteiger partial charge in [-0.3, -0.25) is 4.79 Å². The SMILES string of the molecule is CC(=O)Nc1ccc(S(=O)(=O)N2CC[C@H](Oc3cc(C)nc(C)n3)C2)cc1. The van der Waals surface area contributed by atoms with Crippen LogP contribution in [-0.4, -0.2) is 47.8 Å². The van der Waals surface area contributed by atoms with Gasteiger partial charge in [-0.2, -0.15) is 9.29 Å². The van der Waals surface area contributed by atoms with E-state index in [2.05, 4.69) is 15.3 Å². The normalized spacial score (nSPS) is 17.7. The topological polar surface area (TPSA) is 101 Å². The van der Waals surface area contributed by atoms with Crippen molar-refractivity contribution >= 4 is 21.6 Å². The van der Waals surface area contributed by atoms with Crippen LogP contribution in [0.4, 0.5) is 5.69 Å². The second-order valence-electron chi connectivity index (χ2n) is 6.49. The molecule has 1 saturated heterocycles. The summed E-state index contributed by atoms with van der Waals surface area (Å²) in [6, 6.07) is 7.87. The number of sulfonamides is 1. The molecular formula is C18H22N4O4S. The average Bonchev–Trinajstić information content (AvgIpc) is 3.03.